The third kappa shape index (κ3) is 8.83. The average molecular weight is 818 g/mol. The highest BCUT2D eigenvalue weighted by Crippen LogP contribution is 2.44. The van der Waals surface area contributed by atoms with E-state index >= 15 is 0 Å². The lowest BCUT2D eigenvalue weighted by Gasteiger charge is -2.29. The molecule has 2 aromatic carbocycles. The summed E-state index contributed by atoms with van der Waals surface area (Å²) in [4.78, 5) is 7.85. The van der Waals surface area contributed by atoms with Crippen molar-refractivity contribution >= 4 is 38.6 Å². The van der Waals surface area contributed by atoms with E-state index in [-0.39, 0.29) is 30.1 Å². The molecule has 6 heterocycles. The number of rotatable bonds is 9. The third-order valence-corrected chi connectivity index (χ3v) is 10.7. The SMILES string of the molecule is CC[C@H]1OC(O)(c2ccc3c(N)ncnn23)[C@H](OCc2ccccc2)[C@@H]1C.CC[C@H]1OC(O)[C@H](OCc2ccccc2)[C@@H]1C.Nc1ncnn2c(Br)ccc12. The van der Waals surface area contributed by atoms with Crippen molar-refractivity contribution in [1.82, 2.24) is 29.2 Å². The molecule has 0 amide bonds. The second-order valence-corrected chi connectivity index (χ2v) is 14.5. The van der Waals surface area contributed by atoms with Gasteiger partial charge in [-0.05, 0) is 64.2 Å². The van der Waals surface area contributed by atoms with Gasteiger partial charge in [0.25, 0.3) is 0 Å². The molecule has 0 bridgehead atoms. The molecule has 4 aromatic heterocycles. The molecule has 15 heteroatoms. The van der Waals surface area contributed by atoms with Crippen molar-refractivity contribution in [3.05, 3.63) is 119 Å². The van der Waals surface area contributed by atoms with Crippen LogP contribution in [0.25, 0.3) is 11.0 Å². The van der Waals surface area contributed by atoms with Crippen molar-refractivity contribution in [3.8, 4) is 0 Å². The summed E-state index contributed by atoms with van der Waals surface area (Å²) < 4.78 is 27.7. The molecular weight excluding hydrogens is 768 g/mol. The van der Waals surface area contributed by atoms with Crippen molar-refractivity contribution in [1.29, 1.82) is 0 Å². The number of fused-ring (bicyclic) bond motifs is 2. The van der Waals surface area contributed by atoms with Crippen LogP contribution in [0.1, 0.15) is 57.4 Å². The molecular formula is C40H49BrN8O6. The number of hydrogen-bond donors (Lipinski definition) is 4. The Balaban J connectivity index is 0.000000156. The number of aromatic nitrogens is 6. The first-order valence-corrected chi connectivity index (χ1v) is 19.2. The first-order valence-electron chi connectivity index (χ1n) is 18.4. The molecule has 55 heavy (non-hydrogen) atoms. The van der Waals surface area contributed by atoms with Gasteiger partial charge in [-0.1, -0.05) is 88.4 Å². The summed E-state index contributed by atoms with van der Waals surface area (Å²) in [6.45, 7) is 9.12. The van der Waals surface area contributed by atoms with E-state index in [1.807, 2.05) is 86.6 Å². The number of benzene rings is 2. The predicted molar refractivity (Wildman–Crippen MR) is 211 cm³/mol. The lowest BCUT2D eigenvalue weighted by Crippen LogP contribution is -2.41. The number of aliphatic hydroxyl groups excluding tert-OH is 1. The highest BCUT2D eigenvalue weighted by Gasteiger charge is 2.55. The van der Waals surface area contributed by atoms with Gasteiger partial charge in [-0.15, -0.1) is 0 Å². The van der Waals surface area contributed by atoms with Crippen molar-refractivity contribution in [3.63, 3.8) is 0 Å². The molecule has 292 valence electrons. The molecule has 0 radical (unpaired) electrons. The van der Waals surface area contributed by atoms with Gasteiger partial charge in [0.05, 0.1) is 25.4 Å². The Morgan fingerprint density at radius 1 is 0.745 bits per heavy atom. The monoisotopic (exact) mass is 816 g/mol. The topological polar surface area (TPSA) is 190 Å². The molecule has 0 aliphatic carbocycles. The zero-order chi connectivity index (χ0) is 39.1. The van der Waals surface area contributed by atoms with Crippen LogP contribution in [0.2, 0.25) is 0 Å². The molecule has 14 nitrogen and oxygen atoms in total. The first kappa shape index (κ1) is 40.2. The Hall–Kier alpha value is -4.48. The van der Waals surface area contributed by atoms with Crippen LogP contribution in [-0.2, 0) is 37.9 Å². The van der Waals surface area contributed by atoms with E-state index in [0.717, 1.165) is 34.1 Å². The fourth-order valence-corrected chi connectivity index (χ4v) is 7.52. The fraction of sp³-hybridized carbons (Fsp3) is 0.400. The van der Waals surface area contributed by atoms with Gasteiger partial charge in [0.2, 0.25) is 5.79 Å². The smallest absolute Gasteiger partial charge is 0.237 e. The third-order valence-electron chi connectivity index (χ3n) is 10.1. The highest BCUT2D eigenvalue weighted by molar-refractivity contribution is 9.10. The fourth-order valence-electron chi connectivity index (χ4n) is 7.11. The second-order valence-electron chi connectivity index (χ2n) is 13.7. The first-order chi connectivity index (χ1) is 26.5. The van der Waals surface area contributed by atoms with Gasteiger partial charge in [0.1, 0.15) is 46.2 Å². The van der Waals surface area contributed by atoms with Crippen molar-refractivity contribution in [2.45, 2.75) is 90.2 Å². The molecule has 8 atom stereocenters. The van der Waals surface area contributed by atoms with Gasteiger partial charge in [-0.3, -0.25) is 0 Å². The Labute approximate surface area is 328 Å². The number of nitrogens with two attached hydrogens (primary N) is 2. The maximum atomic E-state index is 11.6. The number of nitrogen functional groups attached to an aromatic ring is 2. The Morgan fingerprint density at radius 3 is 1.85 bits per heavy atom. The van der Waals surface area contributed by atoms with Crippen LogP contribution in [0.5, 0.6) is 0 Å². The summed E-state index contributed by atoms with van der Waals surface area (Å²) in [5, 5.41) is 29.6. The minimum atomic E-state index is -1.62. The average Bonchev–Trinajstić information content (AvgIpc) is 3.95. The van der Waals surface area contributed by atoms with Gasteiger partial charge >= 0.3 is 0 Å². The zero-order valence-corrected chi connectivity index (χ0v) is 32.9. The lowest BCUT2D eigenvalue weighted by atomic mass is 9.93. The number of ether oxygens (including phenoxy) is 4. The number of nitrogens with zero attached hydrogens (tertiary/aromatic N) is 6. The van der Waals surface area contributed by atoms with Crippen LogP contribution in [0.4, 0.5) is 11.6 Å². The quantitative estimate of drug-likeness (QED) is 0.136. The Morgan fingerprint density at radius 2 is 1.29 bits per heavy atom. The normalized spacial score (nSPS) is 26.1. The van der Waals surface area contributed by atoms with Crippen molar-refractivity contribution < 1.29 is 29.2 Å². The van der Waals surface area contributed by atoms with Gasteiger partial charge in [0, 0.05) is 11.8 Å². The maximum Gasteiger partial charge on any atom is 0.237 e. The molecule has 2 unspecified atom stereocenters. The second kappa shape index (κ2) is 18.0. The summed E-state index contributed by atoms with van der Waals surface area (Å²) >= 11 is 3.32. The number of halogens is 1. The van der Waals surface area contributed by atoms with Crippen LogP contribution in [0.15, 0.2) is 102 Å². The molecule has 2 aliphatic heterocycles. The van der Waals surface area contributed by atoms with Gasteiger partial charge < -0.3 is 40.6 Å². The zero-order valence-electron chi connectivity index (χ0n) is 31.4. The van der Waals surface area contributed by atoms with E-state index in [1.54, 1.807) is 21.2 Å². The van der Waals surface area contributed by atoms with Crippen molar-refractivity contribution in [2.75, 3.05) is 11.5 Å². The summed E-state index contributed by atoms with van der Waals surface area (Å²) in [6, 6.07) is 27.2. The summed E-state index contributed by atoms with van der Waals surface area (Å²) in [5.74, 6) is -0.542. The number of hydrogen-bond acceptors (Lipinski definition) is 12. The molecule has 8 rings (SSSR count). The van der Waals surface area contributed by atoms with E-state index in [4.69, 9.17) is 30.4 Å². The van der Waals surface area contributed by atoms with Gasteiger partial charge in [0.15, 0.2) is 17.9 Å². The molecule has 6 aromatic rings. The Kier molecular flexibility index (Phi) is 13.1. The number of anilines is 2. The molecule has 0 spiro atoms. The molecule has 2 aliphatic rings. The highest BCUT2D eigenvalue weighted by atomic mass is 79.9. The molecule has 2 saturated heterocycles. The molecule has 6 N–H and O–H groups in total. The van der Waals surface area contributed by atoms with Crippen LogP contribution in [-0.4, -0.2) is 70.1 Å². The van der Waals surface area contributed by atoms with E-state index in [0.29, 0.717) is 36.1 Å². The summed E-state index contributed by atoms with van der Waals surface area (Å²) in [5.41, 5.74) is 15.6. The van der Waals surface area contributed by atoms with Crippen LogP contribution >= 0.6 is 15.9 Å². The van der Waals surface area contributed by atoms with E-state index in [9.17, 15) is 10.2 Å². The largest absolute Gasteiger partial charge is 0.382 e. The Bertz CT molecular complexity index is 2120. The maximum absolute atomic E-state index is 11.6. The number of aliphatic hydroxyl groups is 2. The molecule has 2 fully saturated rings. The van der Waals surface area contributed by atoms with Crippen LogP contribution < -0.4 is 11.5 Å². The van der Waals surface area contributed by atoms with Crippen molar-refractivity contribution in [2.24, 2.45) is 11.8 Å². The van der Waals surface area contributed by atoms with Gasteiger partial charge in [-0.2, -0.15) is 10.2 Å². The minimum Gasteiger partial charge on any atom is -0.382 e. The standard InChI is InChI=1S/C20H24N4O3.C14H20O3.C6H5BrN4/c1-3-16-13(2)18(26-11-14-7-5-4-6-8-14)20(25,27-16)17-10-9-15-19(21)22-12-23-24(15)17;1-3-12-10(2)13(14(15)17-12)16-9-11-7-5-4-6-8-11;7-5-2-1-4-6(8)9-3-10-11(4)5/h4-10,12-13,16,18,25H,3,11H2,1-2H3,(H2,21,22,23);4-8,10,12-15H,3,9H2,1-2H3;1-3H,(H2,8,9,10)/t13-,16-,18-,20?;10-,12-,13-,14?;/m11./s1. The van der Waals surface area contributed by atoms with E-state index < -0.39 is 18.2 Å². The minimum absolute atomic E-state index is 0.00782. The summed E-state index contributed by atoms with van der Waals surface area (Å²) in [6.07, 6.45) is 2.89. The van der Waals surface area contributed by atoms with Crippen LogP contribution in [0, 0.1) is 11.8 Å². The van der Waals surface area contributed by atoms with Crippen LogP contribution in [0.3, 0.4) is 0 Å². The van der Waals surface area contributed by atoms with E-state index in [1.165, 1.54) is 12.7 Å². The molecule has 0 saturated carbocycles. The predicted octanol–water partition coefficient (Wildman–Crippen LogP) is 5.90. The van der Waals surface area contributed by atoms with E-state index in [2.05, 4.69) is 49.9 Å². The lowest BCUT2D eigenvalue weighted by molar-refractivity contribution is -0.251. The summed E-state index contributed by atoms with van der Waals surface area (Å²) in [7, 11) is 0. The van der Waals surface area contributed by atoms with Gasteiger partial charge in [-0.25, -0.2) is 19.0 Å².